The van der Waals surface area contributed by atoms with Crippen molar-refractivity contribution in [2.24, 2.45) is 0 Å². The summed E-state index contributed by atoms with van der Waals surface area (Å²) in [4.78, 5) is 24.5. The normalized spacial score (nSPS) is 11.8. The van der Waals surface area contributed by atoms with Crippen molar-refractivity contribution >= 4 is 16.9 Å². The molecule has 3 aromatic rings. The summed E-state index contributed by atoms with van der Waals surface area (Å²) in [5.74, 6) is 0.618. The first-order chi connectivity index (χ1) is 13.5. The first-order valence-corrected chi connectivity index (χ1v) is 9.11. The van der Waals surface area contributed by atoms with Crippen LogP contribution in [0.3, 0.4) is 0 Å². The van der Waals surface area contributed by atoms with E-state index in [4.69, 9.17) is 18.6 Å². The Bertz CT molecular complexity index is 1020. The van der Waals surface area contributed by atoms with E-state index < -0.39 is 12.1 Å². The van der Waals surface area contributed by atoms with Crippen LogP contribution in [0.5, 0.6) is 17.2 Å². The number of aryl methyl sites for hydroxylation is 1. The smallest absolute Gasteiger partial charge is 0.347 e. The van der Waals surface area contributed by atoms with E-state index in [0.717, 1.165) is 12.0 Å². The minimum absolute atomic E-state index is 0.0986. The van der Waals surface area contributed by atoms with Crippen molar-refractivity contribution in [2.45, 2.75) is 33.3 Å². The van der Waals surface area contributed by atoms with Crippen LogP contribution in [0, 0.1) is 6.92 Å². The zero-order valence-electron chi connectivity index (χ0n) is 16.1. The molecule has 0 aliphatic heterocycles. The van der Waals surface area contributed by atoms with Crippen molar-refractivity contribution in [1.29, 1.82) is 0 Å². The summed E-state index contributed by atoms with van der Waals surface area (Å²) >= 11 is 0. The molecule has 0 radical (unpaired) electrons. The summed E-state index contributed by atoms with van der Waals surface area (Å²) in [6.45, 7) is 5.85. The molecule has 1 heterocycles. The van der Waals surface area contributed by atoms with Crippen LogP contribution >= 0.6 is 0 Å². The SMILES string of the molecule is CCCOC(=O)[C@H](C)Oc1ccc2c(=O)c(Oc3ccc(C)cc3)coc2c1. The molecule has 6 heteroatoms. The zero-order valence-corrected chi connectivity index (χ0v) is 16.1. The Hall–Kier alpha value is -3.28. The molecule has 0 N–H and O–H groups in total. The van der Waals surface area contributed by atoms with E-state index in [1.807, 2.05) is 26.0 Å². The molecule has 3 rings (SSSR count). The van der Waals surface area contributed by atoms with Crippen molar-refractivity contribution in [1.82, 2.24) is 0 Å². The summed E-state index contributed by atoms with van der Waals surface area (Å²) in [5, 5.41) is 0.359. The van der Waals surface area contributed by atoms with Crippen LogP contribution in [0.2, 0.25) is 0 Å². The molecule has 0 fully saturated rings. The highest BCUT2D eigenvalue weighted by molar-refractivity contribution is 5.79. The summed E-state index contributed by atoms with van der Waals surface area (Å²) in [6, 6.07) is 12.1. The van der Waals surface area contributed by atoms with Gasteiger partial charge in [0.1, 0.15) is 23.3 Å². The number of fused-ring (bicyclic) bond motifs is 1. The minimum Gasteiger partial charge on any atom is -0.479 e. The van der Waals surface area contributed by atoms with Crippen molar-refractivity contribution in [3.05, 3.63) is 64.5 Å². The summed E-state index contributed by atoms with van der Waals surface area (Å²) in [7, 11) is 0. The quantitative estimate of drug-likeness (QED) is 0.555. The molecule has 0 bridgehead atoms. The number of carbonyl (C=O) groups excluding carboxylic acids is 1. The molecule has 0 unspecified atom stereocenters. The molecule has 0 saturated heterocycles. The monoisotopic (exact) mass is 382 g/mol. The van der Waals surface area contributed by atoms with Gasteiger partial charge in [0.25, 0.3) is 0 Å². The van der Waals surface area contributed by atoms with E-state index in [1.165, 1.54) is 6.26 Å². The van der Waals surface area contributed by atoms with Gasteiger partial charge in [-0.2, -0.15) is 0 Å². The van der Waals surface area contributed by atoms with Gasteiger partial charge >= 0.3 is 5.97 Å². The predicted molar refractivity (Wildman–Crippen MR) is 105 cm³/mol. The van der Waals surface area contributed by atoms with Gasteiger partial charge in [-0.05, 0) is 44.5 Å². The average Bonchev–Trinajstić information content (AvgIpc) is 2.69. The van der Waals surface area contributed by atoms with Gasteiger partial charge in [-0.25, -0.2) is 4.79 Å². The van der Waals surface area contributed by atoms with Crippen LogP contribution in [0.15, 0.2) is 57.9 Å². The van der Waals surface area contributed by atoms with Gasteiger partial charge in [0.05, 0.1) is 12.0 Å². The van der Waals surface area contributed by atoms with Crippen LogP contribution in [0.25, 0.3) is 11.0 Å². The molecule has 0 saturated carbocycles. The molecule has 1 aromatic heterocycles. The predicted octanol–water partition coefficient (Wildman–Crippen LogP) is 4.61. The highest BCUT2D eigenvalue weighted by Crippen LogP contribution is 2.24. The Labute approximate surface area is 162 Å². The fraction of sp³-hybridized carbons (Fsp3) is 0.273. The fourth-order valence-electron chi connectivity index (χ4n) is 2.54. The van der Waals surface area contributed by atoms with Crippen LogP contribution in [-0.2, 0) is 9.53 Å². The third-order valence-corrected chi connectivity index (χ3v) is 4.06. The second-order valence-corrected chi connectivity index (χ2v) is 6.43. The zero-order chi connectivity index (χ0) is 20.1. The molecule has 1 atom stereocenters. The van der Waals surface area contributed by atoms with E-state index in [1.54, 1.807) is 37.3 Å². The Balaban J connectivity index is 1.79. The third-order valence-electron chi connectivity index (χ3n) is 4.06. The highest BCUT2D eigenvalue weighted by Gasteiger charge is 2.17. The van der Waals surface area contributed by atoms with Gasteiger partial charge in [-0.15, -0.1) is 0 Å². The van der Waals surface area contributed by atoms with Crippen molar-refractivity contribution in [3.63, 3.8) is 0 Å². The summed E-state index contributed by atoms with van der Waals surface area (Å²) in [6.07, 6.45) is 1.25. The Morgan fingerprint density at radius 1 is 1.11 bits per heavy atom. The van der Waals surface area contributed by atoms with Crippen molar-refractivity contribution in [2.75, 3.05) is 6.61 Å². The first kappa shape index (κ1) is 19.5. The van der Waals surface area contributed by atoms with E-state index in [2.05, 4.69) is 0 Å². The highest BCUT2D eigenvalue weighted by atomic mass is 16.6. The number of ether oxygens (including phenoxy) is 3. The van der Waals surface area contributed by atoms with Gasteiger partial charge < -0.3 is 18.6 Å². The second-order valence-electron chi connectivity index (χ2n) is 6.43. The molecule has 28 heavy (non-hydrogen) atoms. The topological polar surface area (TPSA) is 75.0 Å². The second kappa shape index (κ2) is 8.61. The lowest BCUT2D eigenvalue weighted by atomic mass is 10.2. The molecular formula is C22H22O6. The lowest BCUT2D eigenvalue weighted by molar-refractivity contribution is -0.151. The van der Waals surface area contributed by atoms with E-state index in [0.29, 0.717) is 29.1 Å². The number of hydrogen-bond acceptors (Lipinski definition) is 6. The summed E-state index contributed by atoms with van der Waals surface area (Å²) in [5.41, 5.74) is 1.15. The van der Waals surface area contributed by atoms with Crippen LogP contribution in [-0.4, -0.2) is 18.7 Å². The maximum Gasteiger partial charge on any atom is 0.347 e. The maximum atomic E-state index is 12.7. The third kappa shape index (κ3) is 4.52. The van der Waals surface area contributed by atoms with Gasteiger partial charge in [0.15, 0.2) is 6.10 Å². The van der Waals surface area contributed by atoms with Gasteiger partial charge in [0, 0.05) is 6.07 Å². The van der Waals surface area contributed by atoms with E-state index in [9.17, 15) is 9.59 Å². The first-order valence-electron chi connectivity index (χ1n) is 9.11. The Morgan fingerprint density at radius 2 is 1.82 bits per heavy atom. The number of benzene rings is 2. The van der Waals surface area contributed by atoms with Crippen molar-refractivity contribution in [3.8, 4) is 17.2 Å². The molecular weight excluding hydrogens is 360 g/mol. The summed E-state index contributed by atoms with van der Waals surface area (Å²) < 4.78 is 21.8. The van der Waals surface area contributed by atoms with Crippen LogP contribution in [0.4, 0.5) is 0 Å². The fourth-order valence-corrected chi connectivity index (χ4v) is 2.54. The van der Waals surface area contributed by atoms with Crippen molar-refractivity contribution < 1.29 is 23.4 Å². The molecule has 2 aromatic carbocycles. The number of esters is 1. The lowest BCUT2D eigenvalue weighted by Gasteiger charge is -2.14. The van der Waals surface area contributed by atoms with Gasteiger partial charge in [-0.1, -0.05) is 24.6 Å². The molecule has 146 valence electrons. The minimum atomic E-state index is -0.764. The van der Waals surface area contributed by atoms with Crippen LogP contribution < -0.4 is 14.9 Å². The Kier molecular flexibility index (Phi) is 5.99. The molecule has 0 aliphatic carbocycles. The molecule has 0 aliphatic rings. The Morgan fingerprint density at radius 3 is 2.54 bits per heavy atom. The maximum absolute atomic E-state index is 12.7. The number of carbonyl (C=O) groups is 1. The van der Waals surface area contributed by atoms with E-state index in [-0.39, 0.29) is 11.2 Å². The van der Waals surface area contributed by atoms with Crippen LogP contribution in [0.1, 0.15) is 25.8 Å². The van der Waals surface area contributed by atoms with E-state index >= 15 is 0 Å². The number of rotatable bonds is 7. The largest absolute Gasteiger partial charge is 0.479 e. The number of hydrogen-bond donors (Lipinski definition) is 0. The van der Waals surface area contributed by atoms with Gasteiger partial charge in [0.2, 0.25) is 11.2 Å². The molecule has 0 spiro atoms. The molecule has 6 nitrogen and oxygen atoms in total. The van der Waals surface area contributed by atoms with Gasteiger partial charge in [-0.3, -0.25) is 4.79 Å². The average molecular weight is 382 g/mol. The standard InChI is InChI=1S/C22H22O6/c1-4-11-25-22(24)15(3)27-17-9-10-18-19(12-17)26-13-20(21(18)23)28-16-7-5-14(2)6-8-16/h5-10,12-13,15H,4,11H2,1-3H3/t15-/m0/s1. The molecule has 0 amide bonds. The lowest BCUT2D eigenvalue weighted by Crippen LogP contribution is -2.26.